The van der Waals surface area contributed by atoms with Crippen LogP contribution in [0.5, 0.6) is 0 Å². The Morgan fingerprint density at radius 3 is 2.30 bits per heavy atom. The molecular formula is C22H21NO4. The zero-order valence-corrected chi connectivity index (χ0v) is 15.0. The van der Waals surface area contributed by atoms with E-state index in [2.05, 4.69) is 5.32 Å². The fourth-order valence-corrected chi connectivity index (χ4v) is 3.07. The second-order valence-corrected chi connectivity index (χ2v) is 6.31. The van der Waals surface area contributed by atoms with Crippen LogP contribution in [0.4, 0.5) is 0 Å². The highest BCUT2D eigenvalue weighted by molar-refractivity contribution is 5.88. The van der Waals surface area contributed by atoms with Crippen molar-refractivity contribution in [1.82, 2.24) is 5.32 Å². The number of ether oxygens (including phenoxy) is 1. The number of carbonyl (C=O) groups is 2. The summed E-state index contributed by atoms with van der Waals surface area (Å²) in [5, 5.41) is 14.3. The molecule has 0 radical (unpaired) electrons. The highest BCUT2D eigenvalue weighted by Crippen LogP contribution is 2.19. The quantitative estimate of drug-likeness (QED) is 0.675. The monoisotopic (exact) mass is 363 g/mol. The van der Waals surface area contributed by atoms with Gasteiger partial charge in [-0.2, -0.15) is 0 Å². The predicted molar refractivity (Wildman–Crippen MR) is 103 cm³/mol. The summed E-state index contributed by atoms with van der Waals surface area (Å²) in [7, 11) is 1.43. The Hall–Kier alpha value is -3.18. The number of benzene rings is 3. The molecular weight excluding hydrogens is 342 g/mol. The molecule has 0 fully saturated rings. The minimum absolute atomic E-state index is 0.192. The second kappa shape index (κ2) is 8.47. The highest BCUT2D eigenvalue weighted by Gasteiger charge is 2.26. The molecule has 0 unspecified atom stereocenters. The van der Waals surface area contributed by atoms with Gasteiger partial charge in [-0.1, -0.05) is 72.8 Å². The maximum atomic E-state index is 12.6. The molecule has 0 saturated carbocycles. The summed E-state index contributed by atoms with van der Waals surface area (Å²) in [6.45, 7) is 0. The fourth-order valence-electron chi connectivity index (χ4n) is 3.07. The number of fused-ring (bicyclic) bond motifs is 1. The molecule has 1 amide bonds. The Bertz CT molecular complexity index is 939. The minimum atomic E-state index is -1.08. The largest absolute Gasteiger partial charge is 0.480 e. The first-order valence-corrected chi connectivity index (χ1v) is 8.67. The van der Waals surface area contributed by atoms with Gasteiger partial charge < -0.3 is 15.2 Å². The van der Waals surface area contributed by atoms with Crippen molar-refractivity contribution in [3.8, 4) is 0 Å². The van der Waals surface area contributed by atoms with Crippen molar-refractivity contribution in [2.75, 3.05) is 7.11 Å². The zero-order valence-electron chi connectivity index (χ0n) is 15.0. The lowest BCUT2D eigenvalue weighted by Gasteiger charge is -2.20. The van der Waals surface area contributed by atoms with Crippen molar-refractivity contribution in [3.63, 3.8) is 0 Å². The molecule has 0 heterocycles. The van der Waals surface area contributed by atoms with E-state index < -0.39 is 24.0 Å². The van der Waals surface area contributed by atoms with Gasteiger partial charge in [0.2, 0.25) is 0 Å². The number of carboxylic acids is 1. The van der Waals surface area contributed by atoms with Gasteiger partial charge >= 0.3 is 5.97 Å². The van der Waals surface area contributed by atoms with Crippen LogP contribution < -0.4 is 5.32 Å². The van der Waals surface area contributed by atoms with E-state index in [0.29, 0.717) is 5.56 Å². The Morgan fingerprint density at radius 1 is 0.963 bits per heavy atom. The predicted octanol–water partition coefficient (Wildman–Crippen LogP) is 3.34. The Balaban J connectivity index is 1.76. The molecule has 2 N–H and O–H groups in total. The van der Waals surface area contributed by atoms with Crippen molar-refractivity contribution in [3.05, 3.63) is 83.9 Å². The first kappa shape index (κ1) is 18.6. The van der Waals surface area contributed by atoms with Crippen LogP contribution >= 0.6 is 0 Å². The minimum Gasteiger partial charge on any atom is -0.480 e. The van der Waals surface area contributed by atoms with Crippen molar-refractivity contribution >= 4 is 22.6 Å². The van der Waals surface area contributed by atoms with Gasteiger partial charge in [-0.25, -0.2) is 4.79 Å². The van der Waals surface area contributed by atoms with E-state index >= 15 is 0 Å². The van der Waals surface area contributed by atoms with E-state index in [-0.39, 0.29) is 6.42 Å². The summed E-state index contributed by atoms with van der Waals surface area (Å²) in [5.74, 6) is -1.56. The standard InChI is InChI=1S/C22H21NO4/c1-27-20(17-8-3-2-4-9-17)21(24)23-19(22(25)26)14-15-11-12-16-7-5-6-10-18(16)13-15/h2-13,19-20H,14H2,1H3,(H,23,24)(H,25,26)/t19-,20+/m1/s1. The van der Waals surface area contributed by atoms with Gasteiger partial charge in [0.25, 0.3) is 5.91 Å². The normalized spacial score (nSPS) is 13.1. The summed E-state index contributed by atoms with van der Waals surface area (Å²) in [6, 6.07) is 21.6. The van der Waals surface area contributed by atoms with Gasteiger partial charge in [0.05, 0.1) is 0 Å². The second-order valence-electron chi connectivity index (χ2n) is 6.31. The first-order chi connectivity index (χ1) is 13.1. The molecule has 0 spiro atoms. The molecule has 0 aliphatic heterocycles. The lowest BCUT2D eigenvalue weighted by molar-refractivity contribution is -0.144. The SMILES string of the molecule is CO[C@H](C(=O)N[C@H](Cc1ccc2ccccc2c1)C(=O)O)c1ccccc1. The molecule has 0 bridgehead atoms. The summed E-state index contributed by atoms with van der Waals surface area (Å²) < 4.78 is 5.28. The number of rotatable bonds is 7. The molecule has 27 heavy (non-hydrogen) atoms. The zero-order chi connectivity index (χ0) is 19.2. The summed E-state index contributed by atoms with van der Waals surface area (Å²) >= 11 is 0. The van der Waals surface area contributed by atoms with Gasteiger partial charge in [-0.15, -0.1) is 0 Å². The summed E-state index contributed by atoms with van der Waals surface area (Å²) in [6.07, 6.45) is -0.665. The highest BCUT2D eigenvalue weighted by atomic mass is 16.5. The van der Waals surface area contributed by atoms with Crippen LogP contribution in [-0.4, -0.2) is 30.1 Å². The van der Waals surface area contributed by atoms with E-state index in [1.54, 1.807) is 24.3 Å². The average Bonchev–Trinajstić information content (AvgIpc) is 2.68. The van der Waals surface area contributed by atoms with Crippen molar-refractivity contribution in [1.29, 1.82) is 0 Å². The Morgan fingerprint density at radius 2 is 1.63 bits per heavy atom. The third-order valence-electron chi connectivity index (χ3n) is 4.44. The molecule has 5 nitrogen and oxygen atoms in total. The molecule has 3 aromatic carbocycles. The van der Waals surface area contributed by atoms with Gasteiger partial charge in [0.1, 0.15) is 6.04 Å². The molecule has 3 aromatic rings. The van der Waals surface area contributed by atoms with Crippen LogP contribution in [0.2, 0.25) is 0 Å². The van der Waals surface area contributed by atoms with E-state index in [4.69, 9.17) is 4.74 Å². The van der Waals surface area contributed by atoms with Gasteiger partial charge in [-0.05, 0) is 21.9 Å². The van der Waals surface area contributed by atoms with Crippen LogP contribution in [0.15, 0.2) is 72.8 Å². The van der Waals surface area contributed by atoms with E-state index in [9.17, 15) is 14.7 Å². The van der Waals surface area contributed by atoms with Crippen molar-refractivity contribution in [2.24, 2.45) is 0 Å². The molecule has 5 heteroatoms. The van der Waals surface area contributed by atoms with Crippen LogP contribution in [0.1, 0.15) is 17.2 Å². The van der Waals surface area contributed by atoms with E-state index in [0.717, 1.165) is 16.3 Å². The molecule has 0 saturated heterocycles. The van der Waals surface area contributed by atoms with Crippen molar-refractivity contribution in [2.45, 2.75) is 18.6 Å². The lowest BCUT2D eigenvalue weighted by atomic mass is 10.0. The van der Waals surface area contributed by atoms with Crippen LogP contribution in [0.25, 0.3) is 10.8 Å². The number of carboxylic acid groups (broad SMARTS) is 1. The first-order valence-electron chi connectivity index (χ1n) is 8.67. The van der Waals surface area contributed by atoms with Gasteiger partial charge in [0.15, 0.2) is 6.10 Å². The Labute approximate surface area is 157 Å². The van der Waals surface area contributed by atoms with E-state index in [1.807, 2.05) is 48.5 Å². The van der Waals surface area contributed by atoms with E-state index in [1.165, 1.54) is 7.11 Å². The molecule has 2 atom stereocenters. The number of aliphatic carboxylic acids is 1. The molecule has 3 rings (SSSR count). The third kappa shape index (κ3) is 4.51. The molecule has 0 aromatic heterocycles. The number of methoxy groups -OCH3 is 1. The number of hydrogen-bond acceptors (Lipinski definition) is 3. The maximum Gasteiger partial charge on any atom is 0.326 e. The fraction of sp³-hybridized carbons (Fsp3) is 0.182. The number of carbonyl (C=O) groups excluding carboxylic acids is 1. The van der Waals surface area contributed by atoms with Crippen LogP contribution in [-0.2, 0) is 20.7 Å². The van der Waals surface area contributed by atoms with Crippen LogP contribution in [0.3, 0.4) is 0 Å². The van der Waals surface area contributed by atoms with Gasteiger partial charge in [0, 0.05) is 13.5 Å². The third-order valence-corrected chi connectivity index (χ3v) is 4.44. The topological polar surface area (TPSA) is 75.6 Å². The average molecular weight is 363 g/mol. The molecule has 138 valence electrons. The number of hydrogen-bond donors (Lipinski definition) is 2. The maximum absolute atomic E-state index is 12.6. The lowest BCUT2D eigenvalue weighted by Crippen LogP contribution is -2.44. The van der Waals surface area contributed by atoms with Crippen molar-refractivity contribution < 1.29 is 19.4 Å². The summed E-state index contributed by atoms with van der Waals surface area (Å²) in [5.41, 5.74) is 1.52. The van der Waals surface area contributed by atoms with Crippen LogP contribution in [0, 0.1) is 0 Å². The smallest absolute Gasteiger partial charge is 0.326 e. The number of nitrogens with one attached hydrogen (secondary N) is 1. The van der Waals surface area contributed by atoms with Gasteiger partial charge in [-0.3, -0.25) is 4.79 Å². The summed E-state index contributed by atoms with van der Waals surface area (Å²) in [4.78, 5) is 24.3. The number of amides is 1. The molecule has 0 aliphatic rings. The molecule has 0 aliphatic carbocycles. The Kier molecular flexibility index (Phi) is 5.84.